The van der Waals surface area contributed by atoms with E-state index >= 15 is 0 Å². The van der Waals surface area contributed by atoms with E-state index in [1.54, 1.807) is 20.9 Å². The molecular formula is C30H32IN7O3. The summed E-state index contributed by atoms with van der Waals surface area (Å²) in [5.74, 6) is 0.199. The Kier molecular flexibility index (Phi) is 7.08. The van der Waals surface area contributed by atoms with Crippen LogP contribution in [0.1, 0.15) is 49.8 Å². The fraction of sp³-hybridized carbons (Fsp3) is 0.367. The van der Waals surface area contributed by atoms with Crippen molar-refractivity contribution in [2.24, 2.45) is 0 Å². The van der Waals surface area contributed by atoms with Crippen LogP contribution in [0.5, 0.6) is 0 Å². The fourth-order valence-corrected chi connectivity index (χ4v) is 6.75. The summed E-state index contributed by atoms with van der Waals surface area (Å²) in [6, 6.07) is 16.4. The first-order valence-electron chi connectivity index (χ1n) is 13.7. The first-order valence-corrected chi connectivity index (χ1v) is 14.8. The number of fused-ring (bicyclic) bond motifs is 4. The van der Waals surface area contributed by atoms with Crippen LogP contribution in [0.4, 0.5) is 10.6 Å². The first-order chi connectivity index (χ1) is 19.7. The Bertz CT molecular complexity index is 1610. The van der Waals surface area contributed by atoms with Crippen LogP contribution in [-0.2, 0) is 9.53 Å². The lowest BCUT2D eigenvalue weighted by Crippen LogP contribution is -2.58. The number of likely N-dealkylation sites (N-methyl/N-ethyl adjacent to an activating group) is 1. The van der Waals surface area contributed by atoms with Crippen LogP contribution < -0.4 is 5.73 Å². The summed E-state index contributed by atoms with van der Waals surface area (Å²) >= 11 is 2.14. The number of halogens is 1. The summed E-state index contributed by atoms with van der Waals surface area (Å²) in [5.41, 5.74) is 10.3. The number of nitrogen functional groups attached to an aromatic ring is 1. The summed E-state index contributed by atoms with van der Waals surface area (Å²) in [6.45, 7) is 4.78. The lowest BCUT2D eigenvalue weighted by Gasteiger charge is -2.41. The maximum Gasteiger partial charge on any atom is 0.410 e. The van der Waals surface area contributed by atoms with Crippen LogP contribution in [0.3, 0.4) is 0 Å². The van der Waals surface area contributed by atoms with Gasteiger partial charge in [-0.1, -0.05) is 48.5 Å². The zero-order valence-corrected chi connectivity index (χ0v) is 25.4. The molecule has 11 heteroatoms. The van der Waals surface area contributed by atoms with Crippen LogP contribution in [0.25, 0.3) is 22.2 Å². The molecule has 41 heavy (non-hydrogen) atoms. The minimum atomic E-state index is -1.11. The molecule has 2 aromatic heterocycles. The standard InChI is InChI=1S/C30H32IN7O3/c1-30(2,28(39)37-14-8-9-18(15-37)38-27-24(25(31)35-38)26(32)33-17-34-27)36(3)29(40)41-16-23-21-12-6-4-10-19(21)20-11-5-7-13-22(20)23/h4-7,10-13,17-18,23H,8-9,14-16H2,1-3H3,(H2,32,33,34). The van der Waals surface area contributed by atoms with E-state index in [2.05, 4.69) is 61.9 Å². The van der Waals surface area contributed by atoms with Crippen molar-refractivity contribution in [3.8, 4) is 11.1 Å². The fourth-order valence-electron chi connectivity index (χ4n) is 6.00. The summed E-state index contributed by atoms with van der Waals surface area (Å²) < 4.78 is 8.44. The number of ether oxygens (including phenoxy) is 1. The molecule has 212 valence electrons. The summed E-state index contributed by atoms with van der Waals surface area (Å²) in [7, 11) is 1.63. The van der Waals surface area contributed by atoms with Crippen LogP contribution in [0.2, 0.25) is 0 Å². The highest BCUT2D eigenvalue weighted by atomic mass is 127. The molecule has 2 aliphatic rings. The largest absolute Gasteiger partial charge is 0.448 e. The van der Waals surface area contributed by atoms with Gasteiger partial charge in [-0.15, -0.1) is 0 Å². The number of carbonyl (C=O) groups is 2. The van der Waals surface area contributed by atoms with Gasteiger partial charge in [0.1, 0.15) is 28.0 Å². The topological polar surface area (TPSA) is 119 Å². The zero-order chi connectivity index (χ0) is 28.9. The van der Waals surface area contributed by atoms with Crippen molar-refractivity contribution in [2.75, 3.05) is 32.5 Å². The van der Waals surface area contributed by atoms with Gasteiger partial charge in [0.2, 0.25) is 5.91 Å². The van der Waals surface area contributed by atoms with Crippen molar-refractivity contribution in [2.45, 2.75) is 44.2 Å². The van der Waals surface area contributed by atoms with Gasteiger partial charge >= 0.3 is 6.09 Å². The van der Waals surface area contributed by atoms with Gasteiger partial charge in [0.05, 0.1) is 11.4 Å². The van der Waals surface area contributed by atoms with Gasteiger partial charge < -0.3 is 15.4 Å². The van der Waals surface area contributed by atoms with E-state index in [9.17, 15) is 9.59 Å². The number of rotatable bonds is 5. The number of likely N-dealkylation sites (tertiary alicyclic amines) is 1. The van der Waals surface area contributed by atoms with Gasteiger partial charge in [-0.3, -0.25) is 9.69 Å². The van der Waals surface area contributed by atoms with Gasteiger partial charge in [0, 0.05) is 26.1 Å². The number of nitrogens with two attached hydrogens (primary N) is 1. The van der Waals surface area contributed by atoms with Crippen LogP contribution in [0.15, 0.2) is 54.9 Å². The number of aromatic nitrogens is 4. The van der Waals surface area contributed by atoms with E-state index in [-0.39, 0.29) is 24.5 Å². The monoisotopic (exact) mass is 665 g/mol. The van der Waals surface area contributed by atoms with E-state index < -0.39 is 11.6 Å². The number of piperidine rings is 1. The molecule has 4 aromatic rings. The molecular weight excluding hydrogens is 633 g/mol. The van der Waals surface area contributed by atoms with Crippen molar-refractivity contribution in [3.05, 3.63) is 69.7 Å². The molecule has 1 unspecified atom stereocenters. The highest BCUT2D eigenvalue weighted by Crippen LogP contribution is 2.44. The highest BCUT2D eigenvalue weighted by Gasteiger charge is 2.41. The summed E-state index contributed by atoms with van der Waals surface area (Å²) in [4.78, 5) is 38.9. The Hall–Kier alpha value is -3.74. The molecule has 10 nitrogen and oxygen atoms in total. The quantitative estimate of drug-likeness (QED) is 0.303. The van der Waals surface area contributed by atoms with E-state index in [0.717, 1.165) is 33.1 Å². The van der Waals surface area contributed by atoms with Crippen LogP contribution in [-0.4, -0.2) is 73.8 Å². The van der Waals surface area contributed by atoms with E-state index in [4.69, 9.17) is 10.5 Å². The molecule has 0 spiro atoms. The van der Waals surface area contributed by atoms with Crippen molar-refractivity contribution in [3.63, 3.8) is 0 Å². The highest BCUT2D eigenvalue weighted by molar-refractivity contribution is 14.1. The number of amides is 2. The molecule has 1 fully saturated rings. The third kappa shape index (κ3) is 4.69. The molecule has 3 heterocycles. The molecule has 1 saturated heterocycles. The van der Waals surface area contributed by atoms with E-state index in [0.29, 0.717) is 24.6 Å². The van der Waals surface area contributed by atoms with Crippen LogP contribution in [0, 0.1) is 3.70 Å². The molecule has 2 N–H and O–H groups in total. The van der Waals surface area contributed by atoms with Gasteiger partial charge in [0.15, 0.2) is 5.65 Å². The third-order valence-electron chi connectivity index (χ3n) is 8.48. The van der Waals surface area contributed by atoms with Crippen molar-refractivity contribution < 1.29 is 14.3 Å². The molecule has 1 aliphatic carbocycles. The maximum absolute atomic E-state index is 13.9. The Balaban J connectivity index is 1.15. The van der Waals surface area contributed by atoms with E-state index in [1.807, 2.05) is 33.8 Å². The second kappa shape index (κ2) is 10.6. The molecule has 2 amide bonds. The molecule has 0 saturated carbocycles. The third-order valence-corrected chi connectivity index (χ3v) is 9.23. The van der Waals surface area contributed by atoms with Crippen molar-refractivity contribution in [1.29, 1.82) is 0 Å². The smallest absolute Gasteiger partial charge is 0.410 e. The average Bonchev–Trinajstić information content (AvgIpc) is 3.50. The first kappa shape index (κ1) is 27.4. The average molecular weight is 666 g/mol. The lowest BCUT2D eigenvalue weighted by molar-refractivity contribution is -0.143. The van der Waals surface area contributed by atoms with E-state index in [1.165, 1.54) is 22.4 Å². The Morgan fingerprint density at radius 1 is 1.10 bits per heavy atom. The number of anilines is 1. The number of benzene rings is 2. The van der Waals surface area contributed by atoms with Gasteiger partial charge in [-0.25, -0.2) is 19.4 Å². The number of hydrogen-bond acceptors (Lipinski definition) is 7. The predicted octanol–water partition coefficient (Wildman–Crippen LogP) is 4.84. The van der Waals surface area contributed by atoms with Crippen LogP contribution >= 0.6 is 22.6 Å². The lowest BCUT2D eigenvalue weighted by atomic mass is 9.97. The molecule has 6 rings (SSSR count). The van der Waals surface area contributed by atoms with Gasteiger partial charge in [-0.05, 0) is 71.5 Å². The predicted molar refractivity (Wildman–Crippen MR) is 164 cm³/mol. The minimum Gasteiger partial charge on any atom is -0.448 e. The van der Waals surface area contributed by atoms with Crippen molar-refractivity contribution >= 4 is 51.4 Å². The SMILES string of the molecule is CN(C(=O)OCC1c2ccccc2-c2ccccc21)C(C)(C)C(=O)N1CCCC(n2nc(I)c3c(N)ncnc32)C1. The number of hydrogen-bond donors (Lipinski definition) is 1. The maximum atomic E-state index is 13.9. The molecule has 1 atom stereocenters. The summed E-state index contributed by atoms with van der Waals surface area (Å²) in [5, 5.41) is 5.41. The second-order valence-electron chi connectivity index (χ2n) is 11.2. The Labute approximate surface area is 252 Å². The number of nitrogens with zero attached hydrogens (tertiary/aromatic N) is 6. The van der Waals surface area contributed by atoms with Crippen molar-refractivity contribution in [1.82, 2.24) is 29.5 Å². The molecule has 0 radical (unpaired) electrons. The Morgan fingerprint density at radius 2 is 1.76 bits per heavy atom. The molecule has 0 bridgehead atoms. The zero-order valence-electron chi connectivity index (χ0n) is 23.2. The minimum absolute atomic E-state index is 0.0500. The molecule has 2 aromatic carbocycles. The summed E-state index contributed by atoms with van der Waals surface area (Å²) in [6.07, 6.45) is 2.56. The number of carbonyl (C=O) groups excluding carboxylic acids is 2. The Morgan fingerprint density at radius 3 is 2.44 bits per heavy atom. The normalized spacial score (nSPS) is 16.9. The molecule has 1 aliphatic heterocycles. The second-order valence-corrected chi connectivity index (χ2v) is 12.2. The van der Waals surface area contributed by atoms with Gasteiger partial charge in [0.25, 0.3) is 0 Å². The van der Waals surface area contributed by atoms with Gasteiger partial charge in [-0.2, -0.15) is 5.10 Å².